The lowest BCUT2D eigenvalue weighted by atomic mass is 9.96. The molecule has 1 N–H and O–H groups in total. The van der Waals surface area contributed by atoms with Crippen LogP contribution in [0.1, 0.15) is 12.8 Å². The van der Waals surface area contributed by atoms with Gasteiger partial charge in [0, 0.05) is 26.1 Å². The van der Waals surface area contributed by atoms with E-state index >= 15 is 0 Å². The molecule has 122 valence electrons. The molecule has 2 aromatic rings. The Kier molecular flexibility index (Phi) is 4.40. The summed E-state index contributed by atoms with van der Waals surface area (Å²) < 4.78 is 13.2. The van der Waals surface area contributed by atoms with E-state index in [4.69, 9.17) is 9.47 Å². The largest absolute Gasteiger partial charge is 0.466 e. The maximum absolute atomic E-state index is 5.68. The second kappa shape index (κ2) is 6.83. The normalized spacial score (nSPS) is 17.7. The number of aromatic nitrogens is 1. The molecule has 2 aromatic heterocycles. The van der Waals surface area contributed by atoms with E-state index in [-0.39, 0.29) is 6.04 Å². The van der Waals surface area contributed by atoms with Gasteiger partial charge in [-0.3, -0.25) is 0 Å². The number of nitrogens with zero attached hydrogens (tertiary/aromatic N) is 1. The van der Waals surface area contributed by atoms with E-state index in [1.807, 2.05) is 12.3 Å². The average Bonchev–Trinajstić information content (AvgIpc) is 3.03. The number of fused-ring (bicyclic) bond motifs is 1. The molecule has 1 aliphatic carbocycles. The predicted octanol–water partition coefficient (Wildman–Crippen LogP) is 5.48. The summed E-state index contributed by atoms with van der Waals surface area (Å²) in [4.78, 5) is 4.55. The third-order valence-electron chi connectivity index (χ3n) is 3.95. The number of nitrogens with one attached hydrogen (secondary N) is 1. The summed E-state index contributed by atoms with van der Waals surface area (Å²) in [6.07, 6.45) is 14.9. The molecule has 0 aromatic carbocycles. The predicted molar refractivity (Wildman–Crippen MR) is 101 cm³/mol. The van der Waals surface area contributed by atoms with Crippen molar-refractivity contribution in [3.8, 4) is 0 Å². The zero-order chi connectivity index (χ0) is 16.4. The second-order valence-corrected chi connectivity index (χ2v) is 7.21. The Morgan fingerprint density at radius 2 is 2.29 bits per heavy atom. The van der Waals surface area contributed by atoms with Gasteiger partial charge in [0.1, 0.15) is 30.6 Å². The van der Waals surface area contributed by atoms with Crippen LogP contribution in [-0.4, -0.2) is 11.0 Å². The fraction of sp³-hybridized carbons (Fsp3) is 0.167. The summed E-state index contributed by atoms with van der Waals surface area (Å²) in [6, 6.07) is 1.90. The second-order valence-electron chi connectivity index (χ2n) is 5.45. The molecule has 4 rings (SSSR count). The number of rotatable bonds is 4. The van der Waals surface area contributed by atoms with Crippen LogP contribution in [0.3, 0.4) is 0 Å². The molecule has 1 aliphatic heterocycles. The molecule has 1 unspecified atom stereocenters. The quantitative estimate of drug-likeness (QED) is 0.735. The molecule has 24 heavy (non-hydrogen) atoms. The lowest BCUT2D eigenvalue weighted by molar-refractivity contribution is 0.245. The monoisotopic (exact) mass is 402 g/mol. The van der Waals surface area contributed by atoms with Crippen molar-refractivity contribution in [2.45, 2.75) is 18.9 Å². The lowest BCUT2D eigenvalue weighted by Crippen LogP contribution is -2.27. The minimum absolute atomic E-state index is 0.121. The van der Waals surface area contributed by atoms with Crippen molar-refractivity contribution < 1.29 is 9.47 Å². The van der Waals surface area contributed by atoms with Crippen LogP contribution >= 0.6 is 27.3 Å². The third-order valence-corrected chi connectivity index (χ3v) is 5.82. The topological polar surface area (TPSA) is 43.4 Å². The van der Waals surface area contributed by atoms with Crippen molar-refractivity contribution in [3.63, 3.8) is 0 Å². The van der Waals surface area contributed by atoms with Gasteiger partial charge in [0.05, 0.1) is 0 Å². The fourth-order valence-corrected chi connectivity index (χ4v) is 4.44. The molecule has 2 aliphatic rings. The Bertz CT molecular complexity index is 882. The molecule has 0 saturated carbocycles. The number of ether oxygens (including phenoxy) is 2. The highest BCUT2D eigenvalue weighted by Crippen LogP contribution is 2.36. The van der Waals surface area contributed by atoms with Crippen LogP contribution in [0.2, 0.25) is 0 Å². The number of hydrogen-bond donors (Lipinski definition) is 1. The molecular weight excluding hydrogens is 388 g/mol. The zero-order valence-corrected chi connectivity index (χ0v) is 15.1. The maximum atomic E-state index is 5.68. The van der Waals surface area contributed by atoms with E-state index < -0.39 is 0 Å². The van der Waals surface area contributed by atoms with E-state index in [2.05, 4.69) is 49.8 Å². The van der Waals surface area contributed by atoms with Gasteiger partial charge in [-0.25, -0.2) is 4.98 Å². The van der Waals surface area contributed by atoms with Crippen molar-refractivity contribution in [2.24, 2.45) is 0 Å². The van der Waals surface area contributed by atoms with Crippen molar-refractivity contribution in [2.75, 3.05) is 5.32 Å². The smallest absolute Gasteiger partial charge is 0.165 e. The first-order valence-electron chi connectivity index (χ1n) is 7.64. The summed E-state index contributed by atoms with van der Waals surface area (Å²) >= 11 is 5.31. The molecule has 1 atom stereocenters. The van der Waals surface area contributed by atoms with E-state index in [9.17, 15) is 0 Å². The summed E-state index contributed by atoms with van der Waals surface area (Å²) in [5.74, 6) is 1.56. The van der Waals surface area contributed by atoms with E-state index in [0.29, 0.717) is 0 Å². The zero-order valence-electron chi connectivity index (χ0n) is 12.7. The fourth-order valence-electron chi connectivity index (χ4n) is 2.81. The number of anilines is 1. The highest BCUT2D eigenvalue weighted by molar-refractivity contribution is 9.10. The molecule has 6 heteroatoms. The maximum Gasteiger partial charge on any atom is 0.165 e. The van der Waals surface area contributed by atoms with Gasteiger partial charge in [-0.15, -0.1) is 11.3 Å². The molecule has 4 nitrogen and oxygen atoms in total. The van der Waals surface area contributed by atoms with Crippen LogP contribution in [0, 0.1) is 0 Å². The Morgan fingerprint density at radius 1 is 1.33 bits per heavy atom. The van der Waals surface area contributed by atoms with Gasteiger partial charge in [-0.2, -0.15) is 0 Å². The standard InChI is InChI=1S/C18H15BrN2O2S/c19-13-11-24-15-6-7-20-18(16(13)15)21-17(12-4-2-1-3-5-12)14-10-22-8-9-23-14/h1-2,4,6-11,17H,3,5H2,(H,20,21). The summed E-state index contributed by atoms with van der Waals surface area (Å²) in [6.45, 7) is 0. The lowest BCUT2D eigenvalue weighted by Gasteiger charge is -2.26. The van der Waals surface area contributed by atoms with Crippen molar-refractivity contribution in [3.05, 3.63) is 70.5 Å². The molecule has 0 fully saturated rings. The van der Waals surface area contributed by atoms with E-state index in [1.54, 1.807) is 23.9 Å². The van der Waals surface area contributed by atoms with Crippen LogP contribution in [0.15, 0.2) is 70.5 Å². The Hall–Kier alpha value is -2.05. The summed E-state index contributed by atoms with van der Waals surface area (Å²) in [7, 11) is 0. The van der Waals surface area contributed by atoms with Gasteiger partial charge in [0.25, 0.3) is 0 Å². The number of hydrogen-bond acceptors (Lipinski definition) is 5. The number of halogens is 1. The Balaban J connectivity index is 1.73. The van der Waals surface area contributed by atoms with Crippen molar-refractivity contribution in [1.82, 2.24) is 4.98 Å². The number of thiophene rings is 1. The van der Waals surface area contributed by atoms with Gasteiger partial charge in [-0.1, -0.05) is 18.2 Å². The Labute approximate surface area is 152 Å². The molecule has 0 amide bonds. The van der Waals surface area contributed by atoms with Crippen molar-refractivity contribution in [1.29, 1.82) is 0 Å². The van der Waals surface area contributed by atoms with E-state index in [1.165, 1.54) is 16.5 Å². The SMILES string of the molecule is Brc1csc2ccnc(NC(C3=CC=CCC3)C3=COC=CO3)c12. The number of allylic oxidation sites excluding steroid dienone is 3. The first kappa shape index (κ1) is 15.5. The van der Waals surface area contributed by atoms with Gasteiger partial charge in [0.2, 0.25) is 0 Å². The van der Waals surface area contributed by atoms with Crippen LogP contribution in [0.5, 0.6) is 0 Å². The molecule has 0 bridgehead atoms. The molecule has 3 heterocycles. The van der Waals surface area contributed by atoms with Gasteiger partial charge >= 0.3 is 0 Å². The van der Waals surface area contributed by atoms with Crippen LogP contribution in [0.25, 0.3) is 10.1 Å². The Morgan fingerprint density at radius 3 is 3.08 bits per heavy atom. The molecule has 0 saturated heterocycles. The highest BCUT2D eigenvalue weighted by Gasteiger charge is 2.24. The van der Waals surface area contributed by atoms with Crippen LogP contribution in [0.4, 0.5) is 5.82 Å². The minimum Gasteiger partial charge on any atom is -0.466 e. The molecular formula is C18H15BrN2O2S. The first-order chi connectivity index (χ1) is 11.8. The average molecular weight is 403 g/mol. The molecule has 0 radical (unpaired) electrons. The molecule has 0 spiro atoms. The van der Waals surface area contributed by atoms with Gasteiger partial charge in [0.15, 0.2) is 5.76 Å². The van der Waals surface area contributed by atoms with Gasteiger partial charge in [-0.05, 0) is 40.4 Å². The first-order valence-corrected chi connectivity index (χ1v) is 9.31. The van der Waals surface area contributed by atoms with Crippen LogP contribution in [-0.2, 0) is 9.47 Å². The minimum atomic E-state index is -0.121. The van der Waals surface area contributed by atoms with Gasteiger partial charge < -0.3 is 14.8 Å². The summed E-state index contributed by atoms with van der Waals surface area (Å²) in [5.41, 5.74) is 1.24. The third kappa shape index (κ3) is 2.99. The van der Waals surface area contributed by atoms with E-state index in [0.717, 1.165) is 34.3 Å². The van der Waals surface area contributed by atoms with Crippen LogP contribution < -0.4 is 5.32 Å². The number of pyridine rings is 1. The highest BCUT2D eigenvalue weighted by atomic mass is 79.9. The summed E-state index contributed by atoms with van der Waals surface area (Å²) in [5, 5.41) is 6.72. The van der Waals surface area contributed by atoms with Crippen molar-refractivity contribution >= 4 is 43.2 Å².